The fourth-order valence-corrected chi connectivity index (χ4v) is 4.90. The molecule has 3 rings (SSSR count). The molecule has 0 atom stereocenters. The average Bonchev–Trinajstić information content (AvgIpc) is 2.73. The maximum atomic E-state index is 13.1. The second kappa shape index (κ2) is 8.81. The molecule has 1 heterocycles. The summed E-state index contributed by atoms with van der Waals surface area (Å²) in [5, 5.41) is 0.396. The van der Waals surface area contributed by atoms with Crippen molar-refractivity contribution >= 4 is 26.8 Å². The average molecular weight is 428 g/mol. The van der Waals surface area contributed by atoms with Crippen molar-refractivity contribution in [3.8, 4) is 0 Å². The van der Waals surface area contributed by atoms with E-state index in [0.717, 1.165) is 5.56 Å². The third-order valence-corrected chi connectivity index (χ3v) is 7.04. The second-order valence-electron chi connectivity index (χ2n) is 6.99. The van der Waals surface area contributed by atoms with Crippen LogP contribution in [0.1, 0.15) is 29.8 Å². The van der Waals surface area contributed by atoms with Gasteiger partial charge in [0.1, 0.15) is 0 Å². The van der Waals surface area contributed by atoms with Gasteiger partial charge in [-0.25, -0.2) is 8.42 Å². The van der Waals surface area contributed by atoms with E-state index in [9.17, 15) is 18.0 Å². The van der Waals surface area contributed by atoms with Gasteiger partial charge in [0.25, 0.3) is 5.91 Å². The fraction of sp³-hybridized carbons (Fsp3) is 0.273. The number of carbonyl (C=O) groups is 1. The van der Waals surface area contributed by atoms with E-state index in [1.54, 1.807) is 20.9 Å². The quantitative estimate of drug-likeness (QED) is 0.628. The Morgan fingerprint density at radius 1 is 1.00 bits per heavy atom. The molecular formula is C22H25N3O4S. The Morgan fingerprint density at radius 2 is 1.67 bits per heavy atom. The van der Waals surface area contributed by atoms with Gasteiger partial charge in [0, 0.05) is 43.7 Å². The molecule has 0 fully saturated rings. The van der Waals surface area contributed by atoms with Gasteiger partial charge in [-0.3, -0.25) is 9.59 Å². The molecule has 0 bridgehead atoms. The van der Waals surface area contributed by atoms with E-state index in [-0.39, 0.29) is 16.4 Å². The minimum absolute atomic E-state index is 0.0884. The molecule has 2 aromatic carbocycles. The van der Waals surface area contributed by atoms with Crippen LogP contribution in [0, 0.1) is 0 Å². The van der Waals surface area contributed by atoms with Gasteiger partial charge in [-0.2, -0.15) is 4.31 Å². The first-order valence-electron chi connectivity index (χ1n) is 9.74. The maximum Gasteiger partial charge on any atom is 0.254 e. The predicted molar refractivity (Wildman–Crippen MR) is 117 cm³/mol. The van der Waals surface area contributed by atoms with E-state index >= 15 is 0 Å². The summed E-state index contributed by atoms with van der Waals surface area (Å²) in [6.07, 6.45) is 0. The molecule has 0 aliphatic rings. The number of nitrogens with zero attached hydrogens (tertiary/aromatic N) is 2. The first-order chi connectivity index (χ1) is 14.3. The van der Waals surface area contributed by atoms with E-state index < -0.39 is 15.6 Å². The Labute approximate surface area is 176 Å². The Morgan fingerprint density at radius 3 is 2.30 bits per heavy atom. The highest BCUT2D eigenvalue weighted by Gasteiger charge is 2.23. The Balaban J connectivity index is 2.07. The summed E-state index contributed by atoms with van der Waals surface area (Å²) < 4.78 is 27.2. The van der Waals surface area contributed by atoms with Crippen molar-refractivity contribution in [2.45, 2.75) is 25.3 Å². The molecule has 0 radical (unpaired) electrons. The Kier molecular flexibility index (Phi) is 6.38. The second-order valence-corrected chi connectivity index (χ2v) is 8.93. The normalized spacial score (nSPS) is 11.7. The van der Waals surface area contributed by atoms with Gasteiger partial charge in [-0.15, -0.1) is 0 Å². The molecule has 0 saturated carbocycles. The van der Waals surface area contributed by atoms with Crippen LogP contribution >= 0.6 is 0 Å². The molecule has 3 aromatic rings. The number of aromatic amines is 1. The lowest BCUT2D eigenvalue weighted by Crippen LogP contribution is -2.30. The van der Waals surface area contributed by atoms with Crippen LogP contribution in [0.25, 0.3) is 10.9 Å². The highest BCUT2D eigenvalue weighted by atomic mass is 32.2. The lowest BCUT2D eigenvalue weighted by Gasteiger charge is -2.20. The van der Waals surface area contributed by atoms with Crippen LogP contribution in [0.3, 0.4) is 0 Å². The highest BCUT2D eigenvalue weighted by molar-refractivity contribution is 7.89. The molecule has 0 saturated heterocycles. The largest absolute Gasteiger partial charge is 0.337 e. The molecule has 0 aliphatic heterocycles. The van der Waals surface area contributed by atoms with Crippen molar-refractivity contribution < 1.29 is 13.2 Å². The van der Waals surface area contributed by atoms with Crippen molar-refractivity contribution in [1.29, 1.82) is 0 Å². The van der Waals surface area contributed by atoms with Gasteiger partial charge in [0.2, 0.25) is 15.6 Å². The van der Waals surface area contributed by atoms with Crippen molar-refractivity contribution in [2.24, 2.45) is 0 Å². The van der Waals surface area contributed by atoms with Gasteiger partial charge in [-0.1, -0.05) is 44.2 Å². The third-order valence-electron chi connectivity index (χ3n) is 5.00. The standard InChI is InChI=1S/C22H25N3O4S/c1-4-25(5-2)30(28,29)17-11-12-20-18(13-17)19(14-21(26)23-20)22(27)24(3)15-16-9-7-6-8-10-16/h6-14H,4-5,15H2,1-3H3,(H,23,26). The predicted octanol–water partition coefficient (Wildman–Crippen LogP) is 2.83. The number of benzene rings is 2. The molecule has 0 spiro atoms. The van der Waals surface area contributed by atoms with Crippen molar-refractivity contribution in [3.05, 3.63) is 76.1 Å². The molecule has 1 N–H and O–H groups in total. The molecule has 7 nitrogen and oxygen atoms in total. The van der Waals surface area contributed by atoms with Crippen LogP contribution in [0.4, 0.5) is 0 Å². The molecule has 1 amide bonds. The summed E-state index contributed by atoms with van der Waals surface area (Å²) in [7, 11) is -2.05. The Hall–Kier alpha value is -2.97. The maximum absolute atomic E-state index is 13.1. The van der Waals surface area contributed by atoms with E-state index in [2.05, 4.69) is 4.98 Å². The number of hydrogen-bond acceptors (Lipinski definition) is 4. The summed E-state index contributed by atoms with van der Waals surface area (Å²) in [5.41, 5.74) is 1.12. The number of pyridine rings is 1. The molecule has 0 aliphatic carbocycles. The van der Waals surface area contributed by atoms with Crippen LogP contribution in [-0.2, 0) is 16.6 Å². The van der Waals surface area contributed by atoms with E-state index in [4.69, 9.17) is 0 Å². The van der Waals surface area contributed by atoms with Gasteiger partial charge in [0.05, 0.1) is 10.5 Å². The zero-order valence-corrected chi connectivity index (χ0v) is 18.1. The third kappa shape index (κ3) is 4.29. The van der Waals surface area contributed by atoms with Crippen LogP contribution in [-0.4, -0.2) is 48.7 Å². The van der Waals surface area contributed by atoms with Gasteiger partial charge in [-0.05, 0) is 23.8 Å². The topological polar surface area (TPSA) is 90.5 Å². The Bertz CT molecular complexity index is 1220. The summed E-state index contributed by atoms with van der Waals surface area (Å²) in [5.74, 6) is -0.354. The number of nitrogens with one attached hydrogen (secondary N) is 1. The summed E-state index contributed by atoms with van der Waals surface area (Å²) in [4.78, 5) is 29.5. The van der Waals surface area contributed by atoms with Crippen molar-refractivity contribution in [2.75, 3.05) is 20.1 Å². The van der Waals surface area contributed by atoms with Gasteiger partial charge >= 0.3 is 0 Å². The lowest BCUT2D eigenvalue weighted by atomic mass is 10.1. The molecule has 1 aromatic heterocycles. The fourth-order valence-electron chi connectivity index (χ4n) is 3.42. The first kappa shape index (κ1) is 21.7. The van der Waals surface area contributed by atoms with Crippen molar-refractivity contribution in [1.82, 2.24) is 14.2 Å². The van der Waals surface area contributed by atoms with E-state index in [0.29, 0.717) is 30.5 Å². The summed E-state index contributed by atoms with van der Waals surface area (Å²) in [6.45, 7) is 4.59. The van der Waals surface area contributed by atoms with Crippen LogP contribution < -0.4 is 5.56 Å². The van der Waals surface area contributed by atoms with Crippen LogP contribution in [0.5, 0.6) is 0 Å². The highest BCUT2D eigenvalue weighted by Crippen LogP contribution is 2.24. The molecule has 0 unspecified atom stereocenters. The number of aromatic nitrogens is 1. The van der Waals surface area contributed by atoms with Gasteiger partial charge < -0.3 is 9.88 Å². The lowest BCUT2D eigenvalue weighted by molar-refractivity contribution is 0.0787. The van der Waals surface area contributed by atoms with Crippen molar-refractivity contribution in [3.63, 3.8) is 0 Å². The monoisotopic (exact) mass is 427 g/mol. The number of sulfonamides is 1. The van der Waals surface area contributed by atoms with Gasteiger partial charge in [0.15, 0.2) is 0 Å². The van der Waals surface area contributed by atoms with Crippen LogP contribution in [0.2, 0.25) is 0 Å². The SMILES string of the molecule is CCN(CC)S(=O)(=O)c1ccc2[nH]c(=O)cc(C(=O)N(C)Cc3ccccc3)c2c1. The molecule has 30 heavy (non-hydrogen) atoms. The van der Waals surface area contributed by atoms with E-state index in [1.165, 1.54) is 33.5 Å². The molecular weight excluding hydrogens is 402 g/mol. The number of carbonyl (C=O) groups excluding carboxylic acids is 1. The van der Waals surface area contributed by atoms with Crippen LogP contribution in [0.15, 0.2) is 64.3 Å². The summed E-state index contributed by atoms with van der Waals surface area (Å²) >= 11 is 0. The number of hydrogen-bond donors (Lipinski definition) is 1. The zero-order chi connectivity index (χ0) is 21.9. The minimum Gasteiger partial charge on any atom is -0.337 e. The number of amides is 1. The number of fused-ring (bicyclic) bond motifs is 1. The summed E-state index contributed by atoms with van der Waals surface area (Å²) in [6, 6.07) is 15.2. The number of H-pyrrole nitrogens is 1. The zero-order valence-electron chi connectivity index (χ0n) is 17.3. The molecule has 8 heteroatoms. The minimum atomic E-state index is -3.70. The number of rotatable bonds is 7. The first-order valence-corrected chi connectivity index (χ1v) is 11.2. The molecule has 158 valence electrons. The smallest absolute Gasteiger partial charge is 0.254 e. The van der Waals surface area contributed by atoms with E-state index in [1.807, 2.05) is 30.3 Å².